The molecule has 0 aliphatic heterocycles. The molecule has 60 heavy (non-hydrogen) atoms. The Bertz CT molecular complexity index is 2820. The van der Waals surface area contributed by atoms with E-state index >= 15 is 0 Å². The average molecular weight is 771 g/mol. The molecule has 0 unspecified atom stereocenters. The summed E-state index contributed by atoms with van der Waals surface area (Å²) in [5.41, 5.74) is 16.4. The van der Waals surface area contributed by atoms with Crippen LogP contribution in [0.3, 0.4) is 0 Å². The summed E-state index contributed by atoms with van der Waals surface area (Å²) >= 11 is 0. The first-order valence-corrected chi connectivity index (χ1v) is 20.8. The molecule has 0 heterocycles. The van der Waals surface area contributed by atoms with Crippen LogP contribution >= 0.6 is 0 Å². The van der Waals surface area contributed by atoms with Crippen molar-refractivity contribution in [2.45, 2.75) is 27.7 Å². The van der Waals surface area contributed by atoms with E-state index in [9.17, 15) is 0 Å². The van der Waals surface area contributed by atoms with Gasteiger partial charge >= 0.3 is 0 Å². The summed E-state index contributed by atoms with van der Waals surface area (Å²) in [6.07, 6.45) is 0. The summed E-state index contributed by atoms with van der Waals surface area (Å²) in [7, 11) is 0. The molecule has 0 amide bonds. The van der Waals surface area contributed by atoms with Crippen LogP contribution in [-0.4, -0.2) is 0 Å². The van der Waals surface area contributed by atoms with Gasteiger partial charge in [0.05, 0.1) is 11.4 Å². The maximum atomic E-state index is 2.45. The van der Waals surface area contributed by atoms with Gasteiger partial charge in [-0.1, -0.05) is 156 Å². The minimum atomic E-state index is 1.12. The largest absolute Gasteiger partial charge is 0.310 e. The van der Waals surface area contributed by atoms with E-state index in [0.29, 0.717) is 0 Å². The van der Waals surface area contributed by atoms with Gasteiger partial charge in [0.25, 0.3) is 0 Å². The van der Waals surface area contributed by atoms with Gasteiger partial charge in [0.15, 0.2) is 0 Å². The quantitative estimate of drug-likeness (QED) is 0.142. The SMILES string of the molecule is Cc1ccc(N(c2ccc(C)cc2)c2cc3c4cc(-c5ccccc5)ccc4c(N(c4ccc(C)cc4)c4ccc(C)cc4)cc3c3cc(-c4ccccc4)ccc23)cc1. The molecule has 0 saturated carbocycles. The van der Waals surface area contributed by atoms with E-state index in [4.69, 9.17) is 0 Å². The number of aryl methyl sites for hydroxylation is 4. The zero-order valence-electron chi connectivity index (χ0n) is 34.5. The van der Waals surface area contributed by atoms with Gasteiger partial charge in [-0.3, -0.25) is 0 Å². The fraction of sp³-hybridized carbons (Fsp3) is 0.0690. The topological polar surface area (TPSA) is 6.48 Å². The molecule has 2 nitrogen and oxygen atoms in total. The van der Waals surface area contributed by atoms with E-state index in [1.165, 1.54) is 76.8 Å². The van der Waals surface area contributed by atoms with E-state index in [-0.39, 0.29) is 0 Å². The van der Waals surface area contributed by atoms with E-state index in [1.807, 2.05) is 0 Å². The van der Waals surface area contributed by atoms with Gasteiger partial charge in [-0.05, 0) is 144 Å². The summed E-state index contributed by atoms with van der Waals surface area (Å²) in [4.78, 5) is 4.88. The van der Waals surface area contributed by atoms with E-state index in [2.05, 4.69) is 244 Å². The highest BCUT2D eigenvalue weighted by atomic mass is 15.1. The zero-order chi connectivity index (χ0) is 40.7. The van der Waals surface area contributed by atoms with Crippen LogP contribution in [0.1, 0.15) is 22.3 Å². The van der Waals surface area contributed by atoms with Crippen molar-refractivity contribution in [2.75, 3.05) is 9.80 Å². The third kappa shape index (κ3) is 6.86. The second-order valence-corrected chi connectivity index (χ2v) is 16.2. The predicted molar refractivity (Wildman–Crippen MR) is 258 cm³/mol. The first-order valence-electron chi connectivity index (χ1n) is 20.8. The zero-order valence-corrected chi connectivity index (χ0v) is 34.5. The fourth-order valence-corrected chi connectivity index (χ4v) is 8.63. The third-order valence-corrected chi connectivity index (χ3v) is 11.9. The molecular formula is C58H46N2. The molecule has 0 aliphatic carbocycles. The van der Waals surface area contributed by atoms with Crippen LogP contribution in [0.2, 0.25) is 0 Å². The van der Waals surface area contributed by atoms with Gasteiger partial charge in [-0.25, -0.2) is 0 Å². The van der Waals surface area contributed by atoms with Gasteiger partial charge in [-0.2, -0.15) is 0 Å². The standard InChI is InChI=1S/C58H46N2/c1-39-15-25-47(26-16-39)59(48-27-17-40(2)18-28-48)57-37-55-54-36-46(44-13-9-6-10-14-44)24-34-52(54)58(60(49-29-19-41(3)20-30-49)50-31-21-42(4)22-32-50)38-56(55)53-35-45(23-33-51(53)57)43-11-7-5-8-12-43/h5-38H,1-4H3. The molecule has 10 aromatic rings. The maximum absolute atomic E-state index is 2.45. The first-order chi connectivity index (χ1) is 29.4. The molecule has 288 valence electrons. The Balaban J connectivity index is 1.37. The highest BCUT2D eigenvalue weighted by molar-refractivity contribution is 6.25. The Kier molecular flexibility index (Phi) is 9.47. The first kappa shape index (κ1) is 36.9. The molecule has 10 rings (SSSR count). The van der Waals surface area contributed by atoms with Crippen molar-refractivity contribution in [1.82, 2.24) is 0 Å². The van der Waals surface area contributed by atoms with Gasteiger partial charge in [0.2, 0.25) is 0 Å². The van der Waals surface area contributed by atoms with Crippen LogP contribution in [0.5, 0.6) is 0 Å². The van der Waals surface area contributed by atoms with Crippen LogP contribution in [0.15, 0.2) is 206 Å². The molecule has 0 N–H and O–H groups in total. The minimum Gasteiger partial charge on any atom is -0.310 e. The lowest BCUT2D eigenvalue weighted by molar-refractivity contribution is 1.28. The Morgan fingerprint density at radius 3 is 0.817 bits per heavy atom. The molecule has 0 radical (unpaired) electrons. The fourth-order valence-electron chi connectivity index (χ4n) is 8.63. The molecule has 2 heteroatoms. The summed E-state index contributed by atoms with van der Waals surface area (Å²) in [6.45, 7) is 8.62. The number of hydrogen-bond donors (Lipinski definition) is 0. The Labute approximate surface area is 353 Å². The van der Waals surface area contributed by atoms with E-state index < -0.39 is 0 Å². The Morgan fingerprint density at radius 1 is 0.233 bits per heavy atom. The van der Waals surface area contributed by atoms with Gasteiger partial charge in [0, 0.05) is 33.5 Å². The summed E-state index contributed by atoms with van der Waals surface area (Å²) < 4.78 is 0. The van der Waals surface area contributed by atoms with Crippen LogP contribution in [0.4, 0.5) is 34.1 Å². The van der Waals surface area contributed by atoms with Gasteiger partial charge in [0.1, 0.15) is 0 Å². The molecule has 0 fully saturated rings. The lowest BCUT2D eigenvalue weighted by Crippen LogP contribution is -2.12. The lowest BCUT2D eigenvalue weighted by Gasteiger charge is -2.30. The minimum absolute atomic E-state index is 1.12. The van der Waals surface area contributed by atoms with Crippen LogP contribution in [0.25, 0.3) is 54.6 Å². The lowest BCUT2D eigenvalue weighted by atomic mass is 9.90. The third-order valence-electron chi connectivity index (χ3n) is 11.9. The normalized spacial score (nSPS) is 11.3. The Morgan fingerprint density at radius 2 is 0.517 bits per heavy atom. The molecule has 0 atom stereocenters. The highest BCUT2D eigenvalue weighted by Gasteiger charge is 2.23. The second kappa shape index (κ2) is 15.4. The van der Waals surface area contributed by atoms with Crippen molar-refractivity contribution >= 4 is 66.4 Å². The number of hydrogen-bond acceptors (Lipinski definition) is 2. The molecule has 0 saturated heterocycles. The van der Waals surface area contributed by atoms with Crippen molar-refractivity contribution in [3.05, 3.63) is 229 Å². The van der Waals surface area contributed by atoms with Crippen molar-refractivity contribution in [3.63, 3.8) is 0 Å². The monoisotopic (exact) mass is 770 g/mol. The molecule has 10 aromatic carbocycles. The Hall–Kier alpha value is -7.42. The smallest absolute Gasteiger partial charge is 0.0546 e. The van der Waals surface area contributed by atoms with Gasteiger partial charge in [-0.15, -0.1) is 0 Å². The summed E-state index contributed by atoms with van der Waals surface area (Å²) in [5.74, 6) is 0. The summed E-state index contributed by atoms with van der Waals surface area (Å²) in [5, 5.41) is 7.19. The van der Waals surface area contributed by atoms with Crippen LogP contribution in [0, 0.1) is 27.7 Å². The predicted octanol–water partition coefficient (Wildman–Crippen LogP) is 16.7. The van der Waals surface area contributed by atoms with Crippen LogP contribution < -0.4 is 9.80 Å². The molecule has 0 spiro atoms. The average Bonchev–Trinajstić information content (AvgIpc) is 3.29. The molecule has 0 aliphatic rings. The maximum Gasteiger partial charge on any atom is 0.0546 e. The van der Waals surface area contributed by atoms with E-state index in [0.717, 1.165) is 34.1 Å². The number of fused-ring (bicyclic) bond motifs is 5. The van der Waals surface area contributed by atoms with Crippen molar-refractivity contribution in [3.8, 4) is 22.3 Å². The number of benzene rings is 10. The van der Waals surface area contributed by atoms with Crippen LogP contribution in [-0.2, 0) is 0 Å². The molecule has 0 bridgehead atoms. The summed E-state index contributed by atoms with van der Waals surface area (Å²) in [6, 6.07) is 76.2. The highest BCUT2D eigenvalue weighted by Crippen LogP contribution is 2.49. The number of anilines is 6. The molecular weight excluding hydrogens is 725 g/mol. The number of nitrogens with zero attached hydrogens (tertiary/aromatic N) is 2. The van der Waals surface area contributed by atoms with Crippen molar-refractivity contribution < 1.29 is 0 Å². The van der Waals surface area contributed by atoms with Crippen molar-refractivity contribution in [1.29, 1.82) is 0 Å². The number of rotatable bonds is 8. The second-order valence-electron chi connectivity index (χ2n) is 16.2. The van der Waals surface area contributed by atoms with Gasteiger partial charge < -0.3 is 9.80 Å². The molecule has 0 aromatic heterocycles. The van der Waals surface area contributed by atoms with E-state index in [1.54, 1.807) is 0 Å². The van der Waals surface area contributed by atoms with Crippen molar-refractivity contribution in [2.24, 2.45) is 0 Å².